The van der Waals surface area contributed by atoms with Crippen LogP contribution in [0.2, 0.25) is 0 Å². The SMILES string of the molecule is C[C@H](NC(=O)COc1ccccc1)C(=O)OCC(=O)Nc1ccc(F)cc1F. The van der Waals surface area contributed by atoms with E-state index in [4.69, 9.17) is 9.47 Å². The first-order valence-electron chi connectivity index (χ1n) is 8.24. The monoisotopic (exact) mass is 392 g/mol. The summed E-state index contributed by atoms with van der Waals surface area (Å²) in [7, 11) is 0. The van der Waals surface area contributed by atoms with E-state index in [0.717, 1.165) is 12.1 Å². The summed E-state index contributed by atoms with van der Waals surface area (Å²) in [6.45, 7) is 0.378. The molecule has 0 heterocycles. The molecule has 2 N–H and O–H groups in total. The molecule has 0 unspecified atom stereocenters. The fourth-order valence-corrected chi connectivity index (χ4v) is 2.05. The van der Waals surface area contributed by atoms with Gasteiger partial charge in [-0.2, -0.15) is 0 Å². The number of nitrogens with one attached hydrogen (secondary N) is 2. The quantitative estimate of drug-likeness (QED) is 0.671. The standard InChI is InChI=1S/C19H18F2N2O5/c1-12(22-17(24)10-27-14-5-3-2-4-6-14)19(26)28-11-18(25)23-16-8-7-13(20)9-15(16)21/h2-9,12H,10-11H2,1H3,(H,22,24)(H,23,25)/t12-/m0/s1. The van der Waals surface area contributed by atoms with Crippen LogP contribution in [-0.4, -0.2) is 37.0 Å². The second-order valence-electron chi connectivity index (χ2n) is 5.67. The van der Waals surface area contributed by atoms with Crippen LogP contribution in [0.15, 0.2) is 48.5 Å². The summed E-state index contributed by atoms with van der Waals surface area (Å²) in [5.74, 6) is -3.47. The van der Waals surface area contributed by atoms with E-state index in [2.05, 4.69) is 10.6 Å². The van der Waals surface area contributed by atoms with Gasteiger partial charge in [0.2, 0.25) is 0 Å². The van der Waals surface area contributed by atoms with Gasteiger partial charge in [-0.3, -0.25) is 9.59 Å². The van der Waals surface area contributed by atoms with Gasteiger partial charge in [0.05, 0.1) is 5.69 Å². The number of hydrogen-bond donors (Lipinski definition) is 2. The highest BCUT2D eigenvalue weighted by Gasteiger charge is 2.19. The van der Waals surface area contributed by atoms with Crippen LogP contribution in [-0.2, 0) is 19.1 Å². The van der Waals surface area contributed by atoms with Crippen molar-refractivity contribution in [2.75, 3.05) is 18.5 Å². The van der Waals surface area contributed by atoms with Crippen LogP contribution in [0.25, 0.3) is 0 Å². The molecule has 7 nitrogen and oxygen atoms in total. The van der Waals surface area contributed by atoms with Gasteiger partial charge in [0.15, 0.2) is 13.2 Å². The van der Waals surface area contributed by atoms with Crippen LogP contribution in [0.4, 0.5) is 14.5 Å². The fourth-order valence-electron chi connectivity index (χ4n) is 2.05. The smallest absolute Gasteiger partial charge is 0.328 e. The molecule has 0 aliphatic rings. The maximum absolute atomic E-state index is 13.5. The number of hydrogen-bond acceptors (Lipinski definition) is 5. The number of para-hydroxylation sites is 1. The molecule has 0 spiro atoms. The lowest BCUT2D eigenvalue weighted by atomic mass is 10.3. The van der Waals surface area contributed by atoms with Crippen molar-refractivity contribution in [3.05, 3.63) is 60.2 Å². The lowest BCUT2D eigenvalue weighted by Crippen LogP contribution is -2.42. The summed E-state index contributed by atoms with van der Waals surface area (Å²) in [6.07, 6.45) is 0. The highest BCUT2D eigenvalue weighted by atomic mass is 19.1. The van der Waals surface area contributed by atoms with Crippen molar-refractivity contribution in [2.24, 2.45) is 0 Å². The van der Waals surface area contributed by atoms with Crippen molar-refractivity contribution >= 4 is 23.5 Å². The Bertz CT molecular complexity index is 845. The van der Waals surface area contributed by atoms with Crippen molar-refractivity contribution in [3.8, 4) is 5.75 Å². The van der Waals surface area contributed by atoms with E-state index >= 15 is 0 Å². The topological polar surface area (TPSA) is 93.7 Å². The van der Waals surface area contributed by atoms with E-state index in [-0.39, 0.29) is 12.3 Å². The molecular formula is C19H18F2N2O5. The first-order valence-corrected chi connectivity index (χ1v) is 8.24. The highest BCUT2D eigenvalue weighted by Crippen LogP contribution is 2.14. The molecule has 28 heavy (non-hydrogen) atoms. The Morgan fingerprint density at radius 2 is 1.71 bits per heavy atom. The van der Waals surface area contributed by atoms with E-state index in [1.54, 1.807) is 30.3 Å². The van der Waals surface area contributed by atoms with Crippen molar-refractivity contribution in [1.29, 1.82) is 0 Å². The van der Waals surface area contributed by atoms with Gasteiger partial charge >= 0.3 is 5.97 Å². The number of anilines is 1. The molecule has 0 saturated heterocycles. The molecule has 0 radical (unpaired) electrons. The molecule has 0 bridgehead atoms. The first kappa shape index (κ1) is 20.8. The average Bonchev–Trinajstić information content (AvgIpc) is 2.67. The molecule has 2 rings (SSSR count). The van der Waals surface area contributed by atoms with E-state index in [1.165, 1.54) is 6.92 Å². The molecule has 0 saturated carbocycles. The fraction of sp³-hybridized carbons (Fsp3) is 0.211. The molecule has 9 heteroatoms. The molecule has 2 aromatic rings. The van der Waals surface area contributed by atoms with E-state index < -0.39 is 42.1 Å². The molecule has 2 amide bonds. The van der Waals surface area contributed by atoms with E-state index in [0.29, 0.717) is 11.8 Å². The zero-order valence-corrected chi connectivity index (χ0v) is 14.9. The molecule has 148 valence electrons. The van der Waals surface area contributed by atoms with Crippen molar-refractivity contribution < 1.29 is 32.6 Å². The summed E-state index contributed by atoms with van der Waals surface area (Å²) in [4.78, 5) is 35.3. The van der Waals surface area contributed by atoms with Gasteiger partial charge in [-0.05, 0) is 31.2 Å². The number of carbonyl (C=O) groups is 3. The van der Waals surface area contributed by atoms with Crippen LogP contribution < -0.4 is 15.4 Å². The molecule has 0 aromatic heterocycles. The zero-order chi connectivity index (χ0) is 20.5. The normalized spacial score (nSPS) is 11.2. The maximum Gasteiger partial charge on any atom is 0.328 e. The van der Waals surface area contributed by atoms with Crippen LogP contribution >= 0.6 is 0 Å². The Kier molecular flexibility index (Phi) is 7.44. The molecule has 0 aliphatic heterocycles. The molecule has 0 aliphatic carbocycles. The summed E-state index contributed by atoms with van der Waals surface area (Å²) >= 11 is 0. The highest BCUT2D eigenvalue weighted by molar-refractivity contribution is 5.93. The third-order valence-corrected chi connectivity index (χ3v) is 3.39. The second kappa shape index (κ2) is 10.0. The molecule has 0 fully saturated rings. The van der Waals surface area contributed by atoms with Crippen molar-refractivity contribution in [2.45, 2.75) is 13.0 Å². The molecule has 1 atom stereocenters. The second-order valence-corrected chi connectivity index (χ2v) is 5.67. The van der Waals surface area contributed by atoms with Crippen LogP contribution in [0.1, 0.15) is 6.92 Å². The van der Waals surface area contributed by atoms with Gasteiger partial charge in [-0.1, -0.05) is 18.2 Å². The lowest BCUT2D eigenvalue weighted by Gasteiger charge is -2.14. The molecule has 2 aromatic carbocycles. The van der Waals surface area contributed by atoms with Gasteiger partial charge in [-0.25, -0.2) is 13.6 Å². The number of carbonyl (C=O) groups excluding carboxylic acids is 3. The summed E-state index contributed by atoms with van der Waals surface area (Å²) < 4.78 is 36.3. The van der Waals surface area contributed by atoms with E-state index in [9.17, 15) is 23.2 Å². The third kappa shape index (κ3) is 6.67. The Labute approximate surface area is 159 Å². The van der Waals surface area contributed by atoms with E-state index in [1.807, 2.05) is 0 Å². The predicted octanol–water partition coefficient (Wildman–Crippen LogP) is 2.03. The Morgan fingerprint density at radius 1 is 1.00 bits per heavy atom. The summed E-state index contributed by atoms with van der Waals surface area (Å²) in [5.41, 5.74) is -0.248. The summed E-state index contributed by atoms with van der Waals surface area (Å²) in [5, 5.41) is 4.51. The Morgan fingerprint density at radius 3 is 2.39 bits per heavy atom. The summed E-state index contributed by atoms with van der Waals surface area (Å²) in [6, 6.07) is 10.2. The lowest BCUT2D eigenvalue weighted by molar-refractivity contribution is -0.150. The number of ether oxygens (including phenoxy) is 2. The number of amides is 2. The minimum atomic E-state index is -1.03. The minimum Gasteiger partial charge on any atom is -0.484 e. The third-order valence-electron chi connectivity index (χ3n) is 3.39. The van der Waals surface area contributed by atoms with Crippen molar-refractivity contribution in [1.82, 2.24) is 5.32 Å². The Balaban J connectivity index is 1.72. The average molecular weight is 392 g/mol. The van der Waals surface area contributed by atoms with Crippen LogP contribution in [0.5, 0.6) is 5.75 Å². The molecular weight excluding hydrogens is 374 g/mol. The minimum absolute atomic E-state index is 0.248. The van der Waals surface area contributed by atoms with Crippen LogP contribution in [0.3, 0.4) is 0 Å². The van der Waals surface area contributed by atoms with Gasteiger partial charge in [0, 0.05) is 6.07 Å². The largest absolute Gasteiger partial charge is 0.484 e. The number of halogens is 2. The van der Waals surface area contributed by atoms with Gasteiger partial charge in [0.1, 0.15) is 23.4 Å². The van der Waals surface area contributed by atoms with Gasteiger partial charge < -0.3 is 20.1 Å². The van der Waals surface area contributed by atoms with Crippen LogP contribution in [0, 0.1) is 11.6 Å². The van der Waals surface area contributed by atoms with Crippen molar-refractivity contribution in [3.63, 3.8) is 0 Å². The predicted molar refractivity (Wildman–Crippen MR) is 95.5 cm³/mol. The maximum atomic E-state index is 13.5. The number of benzene rings is 2. The number of rotatable bonds is 8. The van der Waals surface area contributed by atoms with Gasteiger partial charge in [0.25, 0.3) is 11.8 Å². The number of esters is 1. The first-order chi connectivity index (χ1) is 13.3. The van der Waals surface area contributed by atoms with Gasteiger partial charge in [-0.15, -0.1) is 0 Å². The Hall–Kier alpha value is -3.49. The zero-order valence-electron chi connectivity index (χ0n) is 14.9.